The van der Waals surface area contributed by atoms with E-state index in [2.05, 4.69) is 4.98 Å². The van der Waals surface area contributed by atoms with Gasteiger partial charge in [0.05, 0.1) is 18.7 Å². The molecule has 4 rings (SSSR count). The smallest absolute Gasteiger partial charge is 0.228 e. The van der Waals surface area contributed by atoms with Crippen LogP contribution in [0, 0.1) is 18.3 Å². The van der Waals surface area contributed by atoms with Crippen LogP contribution < -0.4 is 0 Å². The molecule has 1 atom stereocenters. The molecule has 25 heavy (non-hydrogen) atoms. The maximum Gasteiger partial charge on any atom is 0.228 e. The van der Waals surface area contributed by atoms with E-state index in [9.17, 15) is 9.90 Å². The van der Waals surface area contributed by atoms with Crippen molar-refractivity contribution in [2.24, 2.45) is 11.3 Å². The fraction of sp³-hybridized carbons (Fsp3) is 0.600. The molecule has 1 aliphatic carbocycles. The first kappa shape index (κ1) is 16.6. The number of carbonyl (C=O) groups excluding carboxylic acids is 1. The maximum absolute atomic E-state index is 12.9. The van der Waals surface area contributed by atoms with Gasteiger partial charge in [-0.3, -0.25) is 4.79 Å². The zero-order chi connectivity index (χ0) is 17.4. The number of hydrogen-bond donors (Lipinski definition) is 1. The summed E-state index contributed by atoms with van der Waals surface area (Å²) in [6.45, 7) is 3.74. The Bertz CT molecular complexity index is 780. The molecule has 3 heterocycles. The molecule has 0 radical (unpaired) electrons. The minimum absolute atomic E-state index is 0.0782. The summed E-state index contributed by atoms with van der Waals surface area (Å²) in [5.74, 6) is 0.917. The summed E-state index contributed by atoms with van der Waals surface area (Å²) >= 11 is 0. The second-order valence-electron chi connectivity index (χ2n) is 8.04. The monoisotopic (exact) mass is 341 g/mol. The molecular weight excluding hydrogens is 314 g/mol. The number of carbonyl (C=O) groups is 1. The SMILES string of the molecule is Cc1cccn2c(CC(=O)N3CCC[C@@](CO)(CC4CC4)C3)cnc12. The van der Waals surface area contributed by atoms with Crippen LogP contribution in [0.15, 0.2) is 24.5 Å². The number of rotatable bonds is 5. The number of likely N-dealkylation sites (tertiary alicyclic amines) is 1. The van der Waals surface area contributed by atoms with E-state index >= 15 is 0 Å². The van der Waals surface area contributed by atoms with Crippen molar-refractivity contribution >= 4 is 11.6 Å². The highest BCUT2D eigenvalue weighted by Gasteiger charge is 2.40. The molecule has 1 aliphatic heterocycles. The topological polar surface area (TPSA) is 57.8 Å². The lowest BCUT2D eigenvalue weighted by atomic mass is 9.76. The molecular formula is C20H27N3O2. The summed E-state index contributed by atoms with van der Waals surface area (Å²) in [5.41, 5.74) is 2.89. The number of fused-ring (bicyclic) bond motifs is 1. The van der Waals surface area contributed by atoms with Gasteiger partial charge in [0.2, 0.25) is 5.91 Å². The summed E-state index contributed by atoms with van der Waals surface area (Å²) in [5, 5.41) is 9.99. The van der Waals surface area contributed by atoms with E-state index in [-0.39, 0.29) is 17.9 Å². The Kier molecular flexibility index (Phi) is 4.28. The van der Waals surface area contributed by atoms with Crippen LogP contribution in [0.4, 0.5) is 0 Å². The molecule has 1 saturated heterocycles. The largest absolute Gasteiger partial charge is 0.396 e. The minimum Gasteiger partial charge on any atom is -0.396 e. The van der Waals surface area contributed by atoms with Gasteiger partial charge in [0.15, 0.2) is 0 Å². The van der Waals surface area contributed by atoms with Crippen molar-refractivity contribution in [1.29, 1.82) is 0 Å². The standard InChI is InChI=1S/C20H27N3O2/c1-15-4-2-9-23-17(12-21-19(15)23)10-18(25)22-8-3-7-20(13-22,14-24)11-16-5-6-16/h2,4,9,12,16,24H,3,5-8,10-11,13-14H2,1H3/t20-/m1/s1. The van der Waals surface area contributed by atoms with Crippen LogP contribution in [0.3, 0.4) is 0 Å². The Morgan fingerprint density at radius 2 is 2.28 bits per heavy atom. The van der Waals surface area contributed by atoms with Crippen LogP contribution >= 0.6 is 0 Å². The highest BCUT2D eigenvalue weighted by atomic mass is 16.3. The highest BCUT2D eigenvalue weighted by Crippen LogP contribution is 2.44. The number of hydrogen-bond acceptors (Lipinski definition) is 3. The molecule has 2 aromatic rings. The summed E-state index contributed by atoms with van der Waals surface area (Å²) in [6, 6.07) is 4.03. The van der Waals surface area contributed by atoms with E-state index in [1.165, 1.54) is 12.8 Å². The maximum atomic E-state index is 12.9. The van der Waals surface area contributed by atoms with Crippen molar-refractivity contribution in [2.75, 3.05) is 19.7 Å². The number of aliphatic hydroxyl groups excluding tert-OH is 1. The molecule has 0 unspecified atom stereocenters. The van der Waals surface area contributed by atoms with Crippen LogP contribution in [0.1, 0.15) is 43.4 Å². The predicted octanol–water partition coefficient (Wildman–Crippen LogP) is 2.59. The third-order valence-electron chi connectivity index (χ3n) is 5.91. The number of nitrogens with zero attached hydrogens (tertiary/aromatic N) is 3. The molecule has 2 aromatic heterocycles. The number of amides is 1. The Morgan fingerprint density at radius 1 is 1.44 bits per heavy atom. The second-order valence-corrected chi connectivity index (χ2v) is 8.04. The van der Waals surface area contributed by atoms with Gasteiger partial charge in [0.25, 0.3) is 0 Å². The van der Waals surface area contributed by atoms with Crippen LogP contribution in [0.25, 0.3) is 5.65 Å². The van der Waals surface area contributed by atoms with Crippen molar-refractivity contribution in [3.63, 3.8) is 0 Å². The molecule has 1 amide bonds. The zero-order valence-corrected chi connectivity index (χ0v) is 14.9. The quantitative estimate of drug-likeness (QED) is 0.909. The third kappa shape index (κ3) is 3.30. The average Bonchev–Trinajstić information content (AvgIpc) is 3.34. The number of pyridine rings is 1. The first-order valence-corrected chi connectivity index (χ1v) is 9.40. The molecule has 1 N–H and O–H groups in total. The Labute approximate surface area is 148 Å². The summed E-state index contributed by atoms with van der Waals surface area (Å²) in [4.78, 5) is 19.3. The van der Waals surface area contributed by atoms with Crippen molar-refractivity contribution in [1.82, 2.24) is 14.3 Å². The average molecular weight is 341 g/mol. The summed E-state index contributed by atoms with van der Waals surface area (Å²) in [6.07, 6.45) is 9.84. The predicted molar refractivity (Wildman–Crippen MR) is 96.3 cm³/mol. The van der Waals surface area contributed by atoms with Crippen molar-refractivity contribution in [3.8, 4) is 0 Å². The van der Waals surface area contributed by atoms with Gasteiger partial charge in [-0.05, 0) is 43.7 Å². The fourth-order valence-electron chi connectivity index (χ4n) is 4.32. The van der Waals surface area contributed by atoms with Crippen LogP contribution in [-0.4, -0.2) is 45.0 Å². The minimum atomic E-state index is -0.0782. The van der Waals surface area contributed by atoms with Gasteiger partial charge < -0.3 is 14.4 Å². The molecule has 2 aliphatic rings. The van der Waals surface area contributed by atoms with E-state index in [1.54, 1.807) is 0 Å². The first-order valence-electron chi connectivity index (χ1n) is 9.40. The molecule has 134 valence electrons. The molecule has 0 aromatic carbocycles. The van der Waals surface area contributed by atoms with Gasteiger partial charge in [-0.25, -0.2) is 4.98 Å². The van der Waals surface area contributed by atoms with Gasteiger partial charge >= 0.3 is 0 Å². The number of aromatic nitrogens is 2. The normalized spacial score (nSPS) is 24.0. The number of piperidine rings is 1. The first-order chi connectivity index (χ1) is 12.1. The Hall–Kier alpha value is -1.88. The molecule has 5 heteroatoms. The number of aliphatic hydroxyl groups is 1. The molecule has 2 fully saturated rings. The van der Waals surface area contributed by atoms with E-state index in [1.807, 2.05) is 40.8 Å². The van der Waals surface area contributed by atoms with E-state index < -0.39 is 0 Å². The van der Waals surface area contributed by atoms with Crippen LogP contribution in [0.2, 0.25) is 0 Å². The fourth-order valence-corrected chi connectivity index (χ4v) is 4.32. The Morgan fingerprint density at radius 3 is 3.04 bits per heavy atom. The van der Waals surface area contributed by atoms with Gasteiger partial charge in [-0.15, -0.1) is 0 Å². The Balaban J connectivity index is 1.49. The highest BCUT2D eigenvalue weighted by molar-refractivity contribution is 5.79. The van der Waals surface area contributed by atoms with Gasteiger partial charge in [-0.2, -0.15) is 0 Å². The molecule has 0 spiro atoms. The van der Waals surface area contributed by atoms with E-state index in [0.717, 1.165) is 48.6 Å². The van der Waals surface area contributed by atoms with Gasteiger partial charge in [-0.1, -0.05) is 18.9 Å². The molecule has 1 saturated carbocycles. The van der Waals surface area contributed by atoms with Crippen molar-refractivity contribution in [2.45, 2.75) is 45.4 Å². The number of imidazole rings is 1. The van der Waals surface area contributed by atoms with E-state index in [4.69, 9.17) is 0 Å². The lowest BCUT2D eigenvalue weighted by Crippen LogP contribution is -2.48. The van der Waals surface area contributed by atoms with Crippen LogP contribution in [-0.2, 0) is 11.2 Å². The second kappa shape index (κ2) is 6.45. The zero-order valence-electron chi connectivity index (χ0n) is 14.9. The third-order valence-corrected chi connectivity index (χ3v) is 5.91. The van der Waals surface area contributed by atoms with E-state index in [0.29, 0.717) is 13.0 Å². The summed E-state index contributed by atoms with van der Waals surface area (Å²) in [7, 11) is 0. The van der Waals surface area contributed by atoms with Gasteiger partial charge in [0.1, 0.15) is 5.65 Å². The lowest BCUT2D eigenvalue weighted by molar-refractivity contribution is -0.135. The molecule has 5 nitrogen and oxygen atoms in total. The van der Waals surface area contributed by atoms with Gasteiger partial charge in [0, 0.05) is 30.9 Å². The van der Waals surface area contributed by atoms with Crippen molar-refractivity contribution in [3.05, 3.63) is 35.8 Å². The summed E-state index contributed by atoms with van der Waals surface area (Å²) < 4.78 is 2.01. The van der Waals surface area contributed by atoms with Crippen molar-refractivity contribution < 1.29 is 9.90 Å². The molecule has 0 bridgehead atoms. The number of aryl methyl sites for hydroxylation is 1. The van der Waals surface area contributed by atoms with Crippen LogP contribution in [0.5, 0.6) is 0 Å². The lowest BCUT2D eigenvalue weighted by Gasteiger charge is -2.42.